The Morgan fingerprint density at radius 1 is 1.16 bits per heavy atom. The van der Waals surface area contributed by atoms with Gasteiger partial charge in [-0.1, -0.05) is 32.6 Å². The summed E-state index contributed by atoms with van der Waals surface area (Å²) in [4.78, 5) is 12.6. The largest absolute Gasteiger partial charge is 0.352 e. The SMILES string of the molecule is CCCCS(=O)(=O)N1CCC(C(=O)NC(CN)C2CCCCC2)CC1. The fraction of sp³-hybridized carbons (Fsp3) is 0.944. The Balaban J connectivity index is 1.82. The number of unbranched alkanes of at least 4 members (excludes halogenated alkanes) is 1. The molecule has 1 aliphatic carbocycles. The molecular weight excluding hydrogens is 338 g/mol. The quantitative estimate of drug-likeness (QED) is 0.679. The van der Waals surface area contributed by atoms with E-state index in [1.54, 1.807) is 4.31 Å². The van der Waals surface area contributed by atoms with E-state index in [9.17, 15) is 13.2 Å². The highest BCUT2D eigenvalue weighted by Gasteiger charge is 2.32. The van der Waals surface area contributed by atoms with Gasteiger partial charge in [0.15, 0.2) is 0 Å². The number of hydrogen-bond donors (Lipinski definition) is 2. The Morgan fingerprint density at radius 3 is 2.36 bits per heavy atom. The topological polar surface area (TPSA) is 92.5 Å². The van der Waals surface area contributed by atoms with Crippen molar-refractivity contribution in [1.82, 2.24) is 9.62 Å². The van der Waals surface area contributed by atoms with E-state index in [1.165, 1.54) is 19.3 Å². The number of nitrogens with one attached hydrogen (secondary N) is 1. The van der Waals surface area contributed by atoms with Crippen LogP contribution in [-0.4, -0.2) is 50.1 Å². The van der Waals surface area contributed by atoms with Crippen LogP contribution in [0.3, 0.4) is 0 Å². The normalized spacial score (nSPS) is 22.6. The molecule has 0 spiro atoms. The first kappa shape index (κ1) is 20.6. The molecule has 7 heteroatoms. The standard InChI is InChI=1S/C18H35N3O3S/c1-2-3-13-25(23,24)21-11-9-16(10-12-21)18(22)20-17(14-19)15-7-5-4-6-8-15/h15-17H,2-14,19H2,1H3,(H,20,22). The zero-order valence-electron chi connectivity index (χ0n) is 15.6. The summed E-state index contributed by atoms with van der Waals surface area (Å²) < 4.78 is 26.1. The molecule has 1 heterocycles. The van der Waals surface area contributed by atoms with Crippen molar-refractivity contribution in [3.63, 3.8) is 0 Å². The number of carbonyl (C=O) groups is 1. The predicted molar refractivity (Wildman–Crippen MR) is 101 cm³/mol. The van der Waals surface area contributed by atoms with Gasteiger partial charge in [-0.15, -0.1) is 0 Å². The zero-order chi connectivity index (χ0) is 18.3. The van der Waals surface area contributed by atoms with Crippen LogP contribution < -0.4 is 11.1 Å². The lowest BCUT2D eigenvalue weighted by molar-refractivity contribution is -0.127. The molecule has 0 aromatic carbocycles. The van der Waals surface area contributed by atoms with Crippen molar-refractivity contribution in [3.05, 3.63) is 0 Å². The third-order valence-electron chi connectivity index (χ3n) is 5.77. The number of nitrogens with two attached hydrogens (primary N) is 1. The van der Waals surface area contributed by atoms with E-state index < -0.39 is 10.0 Å². The Labute approximate surface area is 153 Å². The van der Waals surface area contributed by atoms with Gasteiger partial charge in [0, 0.05) is 31.6 Å². The molecule has 1 saturated carbocycles. The molecule has 1 amide bonds. The van der Waals surface area contributed by atoms with Crippen LogP contribution in [0.25, 0.3) is 0 Å². The lowest BCUT2D eigenvalue weighted by Crippen LogP contribution is -2.50. The van der Waals surface area contributed by atoms with Gasteiger partial charge >= 0.3 is 0 Å². The average Bonchev–Trinajstić information content (AvgIpc) is 2.65. The number of piperidine rings is 1. The summed E-state index contributed by atoms with van der Waals surface area (Å²) in [6.07, 6.45) is 8.83. The molecule has 0 aromatic heterocycles. The van der Waals surface area contributed by atoms with Crippen LogP contribution >= 0.6 is 0 Å². The van der Waals surface area contributed by atoms with Crippen LogP contribution in [0.2, 0.25) is 0 Å². The van der Waals surface area contributed by atoms with Crippen molar-refractivity contribution >= 4 is 15.9 Å². The molecule has 146 valence electrons. The summed E-state index contributed by atoms with van der Waals surface area (Å²) in [5, 5.41) is 3.16. The van der Waals surface area contributed by atoms with Gasteiger partial charge in [-0.05, 0) is 38.0 Å². The molecule has 0 bridgehead atoms. The van der Waals surface area contributed by atoms with Gasteiger partial charge in [0.25, 0.3) is 0 Å². The highest BCUT2D eigenvalue weighted by atomic mass is 32.2. The Bertz CT molecular complexity index is 510. The number of hydrogen-bond acceptors (Lipinski definition) is 4. The second-order valence-corrected chi connectivity index (χ2v) is 9.68. The lowest BCUT2D eigenvalue weighted by atomic mass is 9.83. The monoisotopic (exact) mass is 373 g/mol. The average molecular weight is 374 g/mol. The maximum Gasteiger partial charge on any atom is 0.223 e. The molecule has 1 unspecified atom stereocenters. The van der Waals surface area contributed by atoms with E-state index in [-0.39, 0.29) is 23.6 Å². The van der Waals surface area contributed by atoms with Crippen LogP contribution in [0.15, 0.2) is 0 Å². The first-order valence-electron chi connectivity index (χ1n) is 9.96. The molecule has 1 atom stereocenters. The first-order chi connectivity index (χ1) is 12.0. The molecule has 6 nitrogen and oxygen atoms in total. The van der Waals surface area contributed by atoms with E-state index in [4.69, 9.17) is 5.73 Å². The van der Waals surface area contributed by atoms with Crippen molar-refractivity contribution in [3.8, 4) is 0 Å². The van der Waals surface area contributed by atoms with Gasteiger partial charge in [-0.25, -0.2) is 12.7 Å². The summed E-state index contributed by atoms with van der Waals surface area (Å²) in [5.41, 5.74) is 5.90. The number of sulfonamides is 1. The number of carbonyl (C=O) groups excluding carboxylic acids is 1. The van der Waals surface area contributed by atoms with E-state index in [2.05, 4.69) is 5.32 Å². The smallest absolute Gasteiger partial charge is 0.223 e. The summed E-state index contributed by atoms with van der Waals surface area (Å²) in [5.74, 6) is 0.691. The van der Waals surface area contributed by atoms with Gasteiger partial charge in [0.2, 0.25) is 15.9 Å². The van der Waals surface area contributed by atoms with Crippen molar-refractivity contribution < 1.29 is 13.2 Å². The molecule has 2 rings (SSSR count). The third-order valence-corrected chi connectivity index (χ3v) is 7.73. The fourth-order valence-electron chi connectivity index (χ4n) is 4.06. The number of nitrogens with zero attached hydrogens (tertiary/aromatic N) is 1. The summed E-state index contributed by atoms with van der Waals surface area (Å²) >= 11 is 0. The van der Waals surface area contributed by atoms with Crippen molar-refractivity contribution in [1.29, 1.82) is 0 Å². The Hall–Kier alpha value is -0.660. The van der Waals surface area contributed by atoms with Crippen molar-refractivity contribution in [2.24, 2.45) is 17.6 Å². The first-order valence-corrected chi connectivity index (χ1v) is 11.6. The van der Waals surface area contributed by atoms with E-state index >= 15 is 0 Å². The van der Waals surface area contributed by atoms with Gasteiger partial charge in [0.1, 0.15) is 0 Å². The second kappa shape index (κ2) is 9.88. The number of amides is 1. The molecule has 1 aliphatic heterocycles. The minimum atomic E-state index is -3.16. The van der Waals surface area contributed by atoms with E-state index in [1.807, 2.05) is 6.92 Å². The zero-order valence-corrected chi connectivity index (χ0v) is 16.4. The lowest BCUT2D eigenvalue weighted by Gasteiger charge is -2.34. The van der Waals surface area contributed by atoms with Crippen LogP contribution in [-0.2, 0) is 14.8 Å². The Kier molecular flexibility index (Phi) is 8.16. The highest BCUT2D eigenvalue weighted by molar-refractivity contribution is 7.89. The van der Waals surface area contributed by atoms with Crippen LogP contribution in [0, 0.1) is 11.8 Å². The maximum absolute atomic E-state index is 12.6. The summed E-state index contributed by atoms with van der Waals surface area (Å²) in [7, 11) is -3.16. The molecule has 0 aromatic rings. The molecule has 2 aliphatic rings. The Morgan fingerprint density at radius 2 is 1.80 bits per heavy atom. The van der Waals surface area contributed by atoms with Crippen LogP contribution in [0.5, 0.6) is 0 Å². The van der Waals surface area contributed by atoms with E-state index in [0.29, 0.717) is 44.8 Å². The molecule has 1 saturated heterocycles. The molecular formula is C18H35N3O3S. The summed E-state index contributed by atoms with van der Waals surface area (Å²) in [6.45, 7) is 3.40. The van der Waals surface area contributed by atoms with Gasteiger partial charge in [0.05, 0.1) is 5.75 Å². The van der Waals surface area contributed by atoms with Crippen LogP contribution in [0.1, 0.15) is 64.7 Å². The highest BCUT2D eigenvalue weighted by Crippen LogP contribution is 2.27. The fourth-order valence-corrected chi connectivity index (χ4v) is 5.74. The minimum Gasteiger partial charge on any atom is -0.352 e. The maximum atomic E-state index is 12.6. The molecule has 0 radical (unpaired) electrons. The van der Waals surface area contributed by atoms with Crippen LogP contribution in [0.4, 0.5) is 0 Å². The summed E-state index contributed by atoms with van der Waals surface area (Å²) in [6, 6.07) is 0.0686. The predicted octanol–water partition coefficient (Wildman–Crippen LogP) is 1.85. The van der Waals surface area contributed by atoms with Gasteiger partial charge in [-0.3, -0.25) is 4.79 Å². The van der Waals surface area contributed by atoms with Crippen molar-refractivity contribution in [2.45, 2.75) is 70.8 Å². The molecule has 25 heavy (non-hydrogen) atoms. The van der Waals surface area contributed by atoms with E-state index in [0.717, 1.165) is 19.3 Å². The van der Waals surface area contributed by atoms with Gasteiger partial charge in [-0.2, -0.15) is 0 Å². The number of rotatable bonds is 8. The molecule has 2 fully saturated rings. The second-order valence-electron chi connectivity index (χ2n) is 7.59. The third kappa shape index (κ3) is 5.93. The molecule has 3 N–H and O–H groups in total. The minimum absolute atomic E-state index is 0.0617. The van der Waals surface area contributed by atoms with Crippen molar-refractivity contribution in [2.75, 3.05) is 25.4 Å². The van der Waals surface area contributed by atoms with Gasteiger partial charge < -0.3 is 11.1 Å².